The van der Waals surface area contributed by atoms with E-state index in [9.17, 15) is 9.59 Å². The highest BCUT2D eigenvalue weighted by Crippen LogP contribution is 2.34. The van der Waals surface area contributed by atoms with E-state index in [1.807, 2.05) is 12.1 Å². The van der Waals surface area contributed by atoms with Gasteiger partial charge in [0.15, 0.2) is 11.5 Å². The molecule has 0 aromatic heterocycles. The van der Waals surface area contributed by atoms with Gasteiger partial charge in [-0.15, -0.1) is 0 Å². The monoisotopic (exact) mass is 426 g/mol. The van der Waals surface area contributed by atoms with E-state index in [-0.39, 0.29) is 11.5 Å². The molecule has 3 rings (SSSR count). The van der Waals surface area contributed by atoms with Crippen LogP contribution in [0.5, 0.6) is 11.5 Å². The number of methoxy groups -OCH3 is 3. The van der Waals surface area contributed by atoms with Crippen LogP contribution in [0.15, 0.2) is 36.4 Å². The number of nitrogens with zero attached hydrogens (tertiary/aromatic N) is 1. The highest BCUT2D eigenvalue weighted by Gasteiger charge is 2.20. The zero-order chi connectivity index (χ0) is 22.4. The molecule has 0 aliphatic carbocycles. The lowest BCUT2D eigenvalue weighted by Gasteiger charge is -2.30. The topological polar surface area (TPSA) is 77.1 Å². The summed E-state index contributed by atoms with van der Waals surface area (Å²) in [6.07, 6.45) is 2.52. The summed E-state index contributed by atoms with van der Waals surface area (Å²) < 4.78 is 15.4. The molecule has 1 heterocycles. The number of hydrogen-bond acceptors (Lipinski definition) is 6. The lowest BCUT2D eigenvalue weighted by Crippen LogP contribution is -2.33. The van der Waals surface area contributed by atoms with Gasteiger partial charge < -0.3 is 19.5 Å². The fourth-order valence-electron chi connectivity index (χ4n) is 3.91. The first-order valence-electron chi connectivity index (χ1n) is 10.4. The third kappa shape index (κ3) is 5.55. The fraction of sp³-hybridized carbons (Fsp3) is 0.417. The second kappa shape index (κ2) is 10.3. The summed E-state index contributed by atoms with van der Waals surface area (Å²) >= 11 is 0. The summed E-state index contributed by atoms with van der Waals surface area (Å²) in [4.78, 5) is 27.5. The molecule has 1 amide bonds. The Morgan fingerprint density at radius 3 is 2.35 bits per heavy atom. The largest absolute Gasteiger partial charge is 0.493 e. The highest BCUT2D eigenvalue weighted by atomic mass is 16.5. The van der Waals surface area contributed by atoms with Crippen LogP contribution in [-0.4, -0.2) is 51.2 Å². The predicted molar refractivity (Wildman–Crippen MR) is 119 cm³/mol. The van der Waals surface area contributed by atoms with Gasteiger partial charge in [-0.05, 0) is 43.0 Å². The molecule has 7 heteroatoms. The minimum atomic E-state index is -0.581. The average Bonchev–Trinajstić information content (AvgIpc) is 2.78. The zero-order valence-corrected chi connectivity index (χ0v) is 18.6. The number of ether oxygens (including phenoxy) is 3. The second-order valence-corrected chi connectivity index (χ2v) is 7.88. The quantitative estimate of drug-likeness (QED) is 0.675. The molecule has 0 spiro atoms. The van der Waals surface area contributed by atoms with Crippen molar-refractivity contribution in [3.63, 3.8) is 0 Å². The Hall–Kier alpha value is -3.06. The molecule has 1 atom stereocenters. The molecule has 1 N–H and O–H groups in total. The first-order chi connectivity index (χ1) is 14.9. The predicted octanol–water partition coefficient (Wildman–Crippen LogP) is 3.97. The van der Waals surface area contributed by atoms with Gasteiger partial charge in [0.1, 0.15) is 0 Å². The van der Waals surface area contributed by atoms with E-state index in [4.69, 9.17) is 14.2 Å². The van der Waals surface area contributed by atoms with E-state index in [0.29, 0.717) is 22.7 Å². The molecule has 31 heavy (non-hydrogen) atoms. The molecular formula is C24H30N2O5. The number of likely N-dealkylation sites (tertiary alicyclic amines) is 1. The van der Waals surface area contributed by atoms with Crippen molar-refractivity contribution in [3.05, 3.63) is 53.1 Å². The first kappa shape index (κ1) is 22.6. The van der Waals surface area contributed by atoms with Gasteiger partial charge in [-0.2, -0.15) is 0 Å². The van der Waals surface area contributed by atoms with Crippen LogP contribution < -0.4 is 14.8 Å². The van der Waals surface area contributed by atoms with Gasteiger partial charge in [-0.1, -0.05) is 19.1 Å². The number of rotatable bonds is 7. The van der Waals surface area contributed by atoms with E-state index in [2.05, 4.69) is 17.1 Å². The molecule has 7 nitrogen and oxygen atoms in total. The Bertz CT molecular complexity index is 926. The van der Waals surface area contributed by atoms with Crippen molar-refractivity contribution in [2.75, 3.05) is 39.7 Å². The molecule has 166 valence electrons. The van der Waals surface area contributed by atoms with Gasteiger partial charge in [-0.25, -0.2) is 4.79 Å². The fourth-order valence-corrected chi connectivity index (χ4v) is 3.91. The summed E-state index contributed by atoms with van der Waals surface area (Å²) in [5, 5.41) is 2.79. The lowest BCUT2D eigenvalue weighted by molar-refractivity contribution is 0.0601. The molecule has 0 bridgehead atoms. The lowest BCUT2D eigenvalue weighted by atomic mass is 9.99. The van der Waals surface area contributed by atoms with Crippen molar-refractivity contribution in [2.24, 2.45) is 5.92 Å². The number of piperidine rings is 1. The SMILES string of the molecule is COC(=O)c1cc(OC)c(OC)cc1NC(=O)c1ccc(CN2CCC[C@@H](C)C2)cc1. The van der Waals surface area contributed by atoms with Gasteiger partial charge >= 0.3 is 5.97 Å². The minimum absolute atomic E-state index is 0.185. The van der Waals surface area contributed by atoms with Crippen LogP contribution in [0.2, 0.25) is 0 Å². The number of esters is 1. The van der Waals surface area contributed by atoms with Crippen LogP contribution in [0.3, 0.4) is 0 Å². The van der Waals surface area contributed by atoms with Crippen molar-refractivity contribution >= 4 is 17.6 Å². The maximum absolute atomic E-state index is 12.8. The summed E-state index contributed by atoms with van der Waals surface area (Å²) in [7, 11) is 4.25. The zero-order valence-electron chi connectivity index (χ0n) is 18.6. The molecule has 1 saturated heterocycles. The maximum Gasteiger partial charge on any atom is 0.340 e. The van der Waals surface area contributed by atoms with Gasteiger partial charge in [-0.3, -0.25) is 9.69 Å². The molecule has 0 unspecified atom stereocenters. The number of carbonyl (C=O) groups excluding carboxylic acids is 2. The van der Waals surface area contributed by atoms with Crippen LogP contribution in [0.1, 0.15) is 46.0 Å². The normalized spacial score (nSPS) is 16.5. The van der Waals surface area contributed by atoms with E-state index < -0.39 is 5.97 Å². The Balaban J connectivity index is 1.75. The van der Waals surface area contributed by atoms with Gasteiger partial charge in [0.2, 0.25) is 0 Å². The number of anilines is 1. The average molecular weight is 427 g/mol. The van der Waals surface area contributed by atoms with Crippen molar-refractivity contribution in [3.8, 4) is 11.5 Å². The van der Waals surface area contributed by atoms with Crippen LogP contribution in [0.25, 0.3) is 0 Å². The molecular weight excluding hydrogens is 396 g/mol. The van der Waals surface area contributed by atoms with E-state index in [0.717, 1.165) is 25.6 Å². The van der Waals surface area contributed by atoms with E-state index in [1.165, 1.54) is 45.8 Å². The van der Waals surface area contributed by atoms with Crippen molar-refractivity contribution in [2.45, 2.75) is 26.3 Å². The molecule has 1 aliphatic rings. The van der Waals surface area contributed by atoms with Crippen LogP contribution in [0, 0.1) is 5.92 Å². The van der Waals surface area contributed by atoms with Gasteiger partial charge in [0.05, 0.1) is 32.6 Å². The number of nitrogens with one attached hydrogen (secondary N) is 1. The van der Waals surface area contributed by atoms with Gasteiger partial charge in [0.25, 0.3) is 5.91 Å². The van der Waals surface area contributed by atoms with Gasteiger partial charge in [0, 0.05) is 30.8 Å². The summed E-state index contributed by atoms with van der Waals surface area (Å²) in [6.45, 7) is 5.39. The van der Waals surface area contributed by atoms with Crippen molar-refractivity contribution in [1.82, 2.24) is 4.90 Å². The Morgan fingerprint density at radius 2 is 1.74 bits per heavy atom. The third-order valence-electron chi connectivity index (χ3n) is 5.54. The second-order valence-electron chi connectivity index (χ2n) is 7.88. The summed E-state index contributed by atoms with van der Waals surface area (Å²) in [5.74, 6) is 0.594. The standard InChI is InChI=1S/C24H30N2O5/c1-16-6-5-11-26(14-16)15-17-7-9-18(10-8-17)23(27)25-20-13-22(30-3)21(29-2)12-19(20)24(28)31-4/h7-10,12-13,16H,5-6,11,14-15H2,1-4H3,(H,25,27)/t16-/m1/s1. The van der Waals surface area contributed by atoms with E-state index >= 15 is 0 Å². The van der Waals surface area contributed by atoms with E-state index in [1.54, 1.807) is 18.2 Å². The number of carbonyl (C=O) groups is 2. The van der Waals surface area contributed by atoms with Crippen molar-refractivity contribution in [1.29, 1.82) is 0 Å². The summed E-state index contributed by atoms with van der Waals surface area (Å²) in [6, 6.07) is 10.6. The number of amides is 1. The number of benzene rings is 2. The smallest absolute Gasteiger partial charge is 0.340 e. The highest BCUT2D eigenvalue weighted by molar-refractivity contribution is 6.08. The molecule has 2 aromatic carbocycles. The minimum Gasteiger partial charge on any atom is -0.493 e. The maximum atomic E-state index is 12.8. The van der Waals surface area contributed by atoms with Crippen LogP contribution >= 0.6 is 0 Å². The molecule has 0 saturated carbocycles. The first-order valence-corrected chi connectivity index (χ1v) is 10.4. The molecule has 0 radical (unpaired) electrons. The third-order valence-corrected chi connectivity index (χ3v) is 5.54. The molecule has 2 aromatic rings. The number of hydrogen-bond donors (Lipinski definition) is 1. The Labute approximate surface area is 183 Å². The van der Waals surface area contributed by atoms with Crippen LogP contribution in [-0.2, 0) is 11.3 Å². The van der Waals surface area contributed by atoms with Crippen molar-refractivity contribution < 1.29 is 23.8 Å². The Morgan fingerprint density at radius 1 is 1.06 bits per heavy atom. The summed E-state index contributed by atoms with van der Waals surface area (Å²) in [5.41, 5.74) is 2.15. The molecule has 1 fully saturated rings. The molecule has 1 aliphatic heterocycles. The van der Waals surface area contributed by atoms with Crippen LogP contribution in [0.4, 0.5) is 5.69 Å². The Kier molecular flexibility index (Phi) is 7.52.